The molecule has 0 aliphatic rings. The maximum absolute atomic E-state index is 5.21. The molecule has 4 heteroatoms. The third-order valence-electron chi connectivity index (χ3n) is 2.46. The number of benzene rings is 1. The molecule has 0 spiro atoms. The fourth-order valence-corrected chi connectivity index (χ4v) is 2.62. The molecule has 0 atom stereocenters. The highest BCUT2D eigenvalue weighted by Gasteiger charge is 2.01. The lowest BCUT2D eigenvalue weighted by molar-refractivity contribution is 1.21. The lowest BCUT2D eigenvalue weighted by Crippen LogP contribution is -1.83. The smallest absolute Gasteiger partial charge is 0.137 e. The van der Waals surface area contributed by atoms with E-state index in [1.807, 2.05) is 12.1 Å². The molecule has 0 saturated heterocycles. The monoisotopic (exact) mass is 244 g/mol. The van der Waals surface area contributed by atoms with Gasteiger partial charge in [-0.1, -0.05) is 24.4 Å². The zero-order valence-corrected chi connectivity index (χ0v) is 9.94. The van der Waals surface area contributed by atoms with Crippen LogP contribution in [-0.4, -0.2) is 9.97 Å². The third-order valence-corrected chi connectivity index (χ3v) is 3.70. The van der Waals surface area contributed by atoms with E-state index in [-0.39, 0.29) is 0 Å². The van der Waals surface area contributed by atoms with E-state index in [0.717, 1.165) is 10.9 Å². The third kappa shape index (κ3) is 1.56. The van der Waals surface area contributed by atoms with E-state index in [1.165, 1.54) is 10.4 Å². The summed E-state index contributed by atoms with van der Waals surface area (Å²) in [7, 11) is 0. The molecular formula is C12H8N2S2. The van der Waals surface area contributed by atoms with Crippen LogP contribution >= 0.6 is 23.6 Å². The number of nitrogens with zero attached hydrogens (tertiary/aromatic N) is 1. The molecule has 0 saturated carbocycles. The minimum absolute atomic E-state index is 0.646. The summed E-state index contributed by atoms with van der Waals surface area (Å²) in [6, 6.07) is 10.4. The van der Waals surface area contributed by atoms with E-state index in [2.05, 4.69) is 33.5 Å². The quantitative estimate of drug-likeness (QED) is 0.655. The molecular weight excluding hydrogens is 236 g/mol. The Labute approximate surface area is 102 Å². The molecule has 0 fully saturated rings. The van der Waals surface area contributed by atoms with Crippen LogP contribution in [0.4, 0.5) is 0 Å². The first-order chi connectivity index (χ1) is 7.84. The van der Waals surface area contributed by atoms with Gasteiger partial charge in [0.05, 0.1) is 6.33 Å². The predicted octanol–water partition coefficient (Wildman–Crippen LogP) is 4.02. The zero-order valence-electron chi connectivity index (χ0n) is 8.31. The summed E-state index contributed by atoms with van der Waals surface area (Å²) < 4.78 is 0.646. The average Bonchev–Trinajstić information content (AvgIpc) is 2.83. The number of hydrogen-bond donors (Lipinski definition) is 1. The highest BCUT2D eigenvalue weighted by Crippen LogP contribution is 2.27. The Kier molecular flexibility index (Phi) is 2.31. The van der Waals surface area contributed by atoms with Crippen molar-refractivity contribution in [3.8, 4) is 10.4 Å². The molecule has 0 bridgehead atoms. The van der Waals surface area contributed by atoms with Crippen LogP contribution in [0.25, 0.3) is 21.3 Å². The number of thiophene rings is 1. The maximum atomic E-state index is 5.21. The van der Waals surface area contributed by atoms with Crippen LogP contribution in [0.5, 0.6) is 0 Å². The first-order valence-electron chi connectivity index (χ1n) is 4.86. The fourth-order valence-electron chi connectivity index (χ4n) is 1.67. The lowest BCUT2D eigenvalue weighted by atomic mass is 10.1. The number of rotatable bonds is 1. The second kappa shape index (κ2) is 3.81. The standard InChI is InChI=1S/C12H8N2S2/c15-12-9-6-8(11-2-1-5-16-11)3-4-10(9)13-7-14-12/h1-7H,(H,13,14,15). The Hall–Kier alpha value is -1.52. The van der Waals surface area contributed by atoms with Gasteiger partial charge < -0.3 is 4.98 Å². The van der Waals surface area contributed by atoms with Gasteiger partial charge in [0.25, 0.3) is 0 Å². The largest absolute Gasteiger partial charge is 0.346 e. The summed E-state index contributed by atoms with van der Waals surface area (Å²) in [5.41, 5.74) is 2.22. The van der Waals surface area contributed by atoms with E-state index in [9.17, 15) is 0 Å². The predicted molar refractivity (Wildman–Crippen MR) is 70.2 cm³/mol. The first kappa shape index (κ1) is 9.69. The minimum atomic E-state index is 0.646. The Morgan fingerprint density at radius 2 is 2.19 bits per heavy atom. The van der Waals surface area contributed by atoms with Gasteiger partial charge in [-0.05, 0) is 29.1 Å². The van der Waals surface area contributed by atoms with Gasteiger partial charge in [-0.15, -0.1) is 11.3 Å². The van der Waals surface area contributed by atoms with Gasteiger partial charge in [0.1, 0.15) is 4.64 Å². The highest BCUT2D eigenvalue weighted by atomic mass is 32.1. The molecule has 78 valence electrons. The molecule has 2 aromatic heterocycles. The van der Waals surface area contributed by atoms with Crippen LogP contribution in [0.1, 0.15) is 0 Å². The molecule has 0 radical (unpaired) electrons. The number of aromatic amines is 1. The van der Waals surface area contributed by atoms with Gasteiger partial charge in [-0.25, -0.2) is 4.98 Å². The Balaban J connectivity index is 2.31. The van der Waals surface area contributed by atoms with E-state index < -0.39 is 0 Å². The molecule has 2 nitrogen and oxygen atoms in total. The number of fused-ring (bicyclic) bond motifs is 1. The summed E-state index contributed by atoms with van der Waals surface area (Å²) in [5, 5.41) is 3.08. The van der Waals surface area contributed by atoms with Crippen molar-refractivity contribution in [2.75, 3.05) is 0 Å². The molecule has 0 aliphatic carbocycles. The second-order valence-corrected chi connectivity index (χ2v) is 4.78. The summed E-state index contributed by atoms with van der Waals surface area (Å²) >= 11 is 6.94. The van der Waals surface area contributed by atoms with Gasteiger partial charge in [0.2, 0.25) is 0 Å². The normalized spacial score (nSPS) is 10.8. The summed E-state index contributed by atoms with van der Waals surface area (Å²) in [6.45, 7) is 0. The fraction of sp³-hybridized carbons (Fsp3) is 0. The number of aromatic nitrogens is 2. The van der Waals surface area contributed by atoms with Gasteiger partial charge in [0, 0.05) is 15.8 Å². The Morgan fingerprint density at radius 3 is 3.00 bits per heavy atom. The van der Waals surface area contributed by atoms with Crippen LogP contribution in [0.2, 0.25) is 0 Å². The van der Waals surface area contributed by atoms with E-state index in [1.54, 1.807) is 17.7 Å². The summed E-state index contributed by atoms with van der Waals surface area (Å²) in [5.74, 6) is 0. The Bertz CT molecular complexity index is 684. The summed E-state index contributed by atoms with van der Waals surface area (Å²) in [4.78, 5) is 8.43. The van der Waals surface area contributed by atoms with Gasteiger partial charge in [-0.3, -0.25) is 0 Å². The number of nitrogens with one attached hydrogen (secondary N) is 1. The molecule has 3 aromatic rings. The SMILES string of the molecule is S=c1nc[nH]c2ccc(-c3cccs3)cc12. The summed E-state index contributed by atoms with van der Waals surface area (Å²) in [6.07, 6.45) is 1.63. The van der Waals surface area contributed by atoms with E-state index in [0.29, 0.717) is 4.64 Å². The van der Waals surface area contributed by atoms with E-state index >= 15 is 0 Å². The zero-order chi connectivity index (χ0) is 11.0. The van der Waals surface area contributed by atoms with Crippen LogP contribution in [0.3, 0.4) is 0 Å². The second-order valence-electron chi connectivity index (χ2n) is 3.45. The average molecular weight is 244 g/mol. The number of hydrogen-bond acceptors (Lipinski definition) is 3. The van der Waals surface area contributed by atoms with Crippen molar-refractivity contribution < 1.29 is 0 Å². The Morgan fingerprint density at radius 1 is 1.25 bits per heavy atom. The lowest BCUT2D eigenvalue weighted by Gasteiger charge is -2.01. The van der Waals surface area contributed by atoms with Crippen LogP contribution in [-0.2, 0) is 0 Å². The van der Waals surface area contributed by atoms with Crippen molar-refractivity contribution in [3.05, 3.63) is 46.7 Å². The first-order valence-corrected chi connectivity index (χ1v) is 6.15. The molecule has 0 aliphatic heterocycles. The van der Waals surface area contributed by atoms with Crippen LogP contribution < -0.4 is 0 Å². The van der Waals surface area contributed by atoms with E-state index in [4.69, 9.17) is 12.2 Å². The van der Waals surface area contributed by atoms with Crippen molar-refractivity contribution in [2.24, 2.45) is 0 Å². The maximum Gasteiger partial charge on any atom is 0.137 e. The molecule has 0 unspecified atom stereocenters. The molecule has 3 rings (SSSR count). The highest BCUT2D eigenvalue weighted by molar-refractivity contribution is 7.71. The topological polar surface area (TPSA) is 28.7 Å². The van der Waals surface area contributed by atoms with Crippen molar-refractivity contribution in [3.63, 3.8) is 0 Å². The van der Waals surface area contributed by atoms with Gasteiger partial charge in [-0.2, -0.15) is 0 Å². The van der Waals surface area contributed by atoms with Crippen LogP contribution in [0, 0.1) is 4.64 Å². The minimum Gasteiger partial charge on any atom is -0.346 e. The number of H-pyrrole nitrogens is 1. The van der Waals surface area contributed by atoms with Crippen LogP contribution in [0.15, 0.2) is 42.0 Å². The van der Waals surface area contributed by atoms with Crippen molar-refractivity contribution >= 4 is 34.5 Å². The van der Waals surface area contributed by atoms with Crippen molar-refractivity contribution in [1.82, 2.24) is 9.97 Å². The van der Waals surface area contributed by atoms with Crippen molar-refractivity contribution in [1.29, 1.82) is 0 Å². The molecule has 1 N–H and O–H groups in total. The molecule has 1 aromatic carbocycles. The molecule has 16 heavy (non-hydrogen) atoms. The van der Waals surface area contributed by atoms with Crippen molar-refractivity contribution in [2.45, 2.75) is 0 Å². The van der Waals surface area contributed by atoms with Gasteiger partial charge >= 0.3 is 0 Å². The molecule has 0 amide bonds. The molecule has 2 heterocycles. The van der Waals surface area contributed by atoms with Gasteiger partial charge in [0.15, 0.2) is 0 Å².